The molecular weight excluding hydrogens is 276 g/mol. The summed E-state index contributed by atoms with van der Waals surface area (Å²) in [5.74, 6) is -3.57. The van der Waals surface area contributed by atoms with Crippen molar-refractivity contribution in [2.45, 2.75) is 6.92 Å². The molecule has 0 aliphatic carbocycles. The Balaban J connectivity index is 2.30. The van der Waals surface area contributed by atoms with Gasteiger partial charge in [-0.1, -0.05) is 0 Å². The van der Waals surface area contributed by atoms with Crippen LogP contribution in [0.4, 0.5) is 20.5 Å². The largest absolute Gasteiger partial charge is 0.432 e. The highest BCUT2D eigenvalue weighted by Gasteiger charge is 2.22. The van der Waals surface area contributed by atoms with Gasteiger partial charge >= 0.3 is 11.7 Å². The highest BCUT2D eigenvalue weighted by atomic mass is 19.1. The Morgan fingerprint density at radius 1 is 1.40 bits per heavy atom. The monoisotopic (exact) mass is 283 g/mol. The van der Waals surface area contributed by atoms with E-state index in [-0.39, 0.29) is 6.01 Å². The molecule has 0 aliphatic heterocycles. The number of benzene rings is 1. The summed E-state index contributed by atoms with van der Waals surface area (Å²) in [4.78, 5) is 24.8. The lowest BCUT2D eigenvalue weighted by atomic mass is 10.1. The number of amides is 1. The third-order valence-electron chi connectivity index (χ3n) is 2.32. The first-order valence-corrected chi connectivity index (χ1v) is 5.25. The summed E-state index contributed by atoms with van der Waals surface area (Å²) in [6.45, 7) is 1.60. The first kappa shape index (κ1) is 13.6. The molecule has 1 aromatic carbocycles. The lowest BCUT2D eigenvalue weighted by Gasteiger charge is -2.03. The maximum absolute atomic E-state index is 13.6. The Hall–Kier alpha value is -2.84. The molecule has 0 fully saturated rings. The van der Waals surface area contributed by atoms with Crippen LogP contribution < -0.4 is 5.32 Å². The topological polar surface area (TPSA) is 98.3 Å². The van der Waals surface area contributed by atoms with E-state index in [9.17, 15) is 23.7 Å². The molecule has 20 heavy (non-hydrogen) atoms. The van der Waals surface area contributed by atoms with Gasteiger partial charge in [0.25, 0.3) is 5.91 Å². The summed E-state index contributed by atoms with van der Waals surface area (Å²) in [7, 11) is 0. The number of aryl methyl sites for hydroxylation is 1. The van der Waals surface area contributed by atoms with Crippen molar-refractivity contribution >= 4 is 17.6 Å². The average Bonchev–Trinajstić information content (AvgIpc) is 2.76. The van der Waals surface area contributed by atoms with Gasteiger partial charge in [0, 0.05) is 0 Å². The molecular formula is C11H7F2N3O4. The SMILES string of the molecule is Cc1coc(NC(=O)c2cc(F)c([N+](=O)[O-])cc2F)n1. The van der Waals surface area contributed by atoms with Crippen LogP contribution in [0, 0.1) is 28.7 Å². The minimum Gasteiger partial charge on any atom is -0.432 e. The van der Waals surface area contributed by atoms with Crippen LogP contribution in [0.1, 0.15) is 16.1 Å². The van der Waals surface area contributed by atoms with Crippen LogP contribution in [0.3, 0.4) is 0 Å². The Kier molecular flexibility index (Phi) is 3.42. The van der Waals surface area contributed by atoms with E-state index >= 15 is 0 Å². The molecule has 2 aromatic rings. The number of oxazole rings is 1. The molecule has 0 bridgehead atoms. The Bertz CT molecular complexity index is 699. The van der Waals surface area contributed by atoms with E-state index in [1.807, 2.05) is 0 Å². The van der Waals surface area contributed by atoms with Crippen LogP contribution in [0.25, 0.3) is 0 Å². The van der Waals surface area contributed by atoms with Crippen LogP contribution in [-0.2, 0) is 0 Å². The fourth-order valence-corrected chi connectivity index (χ4v) is 1.43. The Morgan fingerprint density at radius 3 is 2.65 bits per heavy atom. The summed E-state index contributed by atoms with van der Waals surface area (Å²) < 4.78 is 31.7. The molecule has 0 atom stereocenters. The zero-order chi connectivity index (χ0) is 14.9. The molecule has 1 amide bonds. The number of nitro groups is 1. The number of nitrogens with one attached hydrogen (secondary N) is 1. The van der Waals surface area contributed by atoms with Gasteiger partial charge in [-0.15, -0.1) is 0 Å². The van der Waals surface area contributed by atoms with Crippen molar-refractivity contribution < 1.29 is 22.9 Å². The second kappa shape index (κ2) is 5.03. The van der Waals surface area contributed by atoms with Crippen molar-refractivity contribution in [1.29, 1.82) is 0 Å². The standard InChI is InChI=1S/C11H7F2N3O4/c1-5-4-20-11(14-5)15-10(17)6-2-8(13)9(16(18)19)3-7(6)12/h2-4H,1H3,(H,14,15,17). The number of rotatable bonds is 3. The van der Waals surface area contributed by atoms with E-state index < -0.39 is 33.7 Å². The summed E-state index contributed by atoms with van der Waals surface area (Å²) in [5.41, 5.74) is -1.26. The van der Waals surface area contributed by atoms with E-state index in [0.717, 1.165) is 0 Å². The van der Waals surface area contributed by atoms with Gasteiger partial charge in [0.05, 0.1) is 22.2 Å². The summed E-state index contributed by atoms with van der Waals surface area (Å²) >= 11 is 0. The normalized spacial score (nSPS) is 10.3. The minimum atomic E-state index is -1.31. The van der Waals surface area contributed by atoms with Crippen molar-refractivity contribution in [3.63, 3.8) is 0 Å². The molecule has 2 rings (SSSR count). The van der Waals surface area contributed by atoms with Gasteiger partial charge in [0.15, 0.2) is 0 Å². The number of anilines is 1. The molecule has 1 aromatic heterocycles. The van der Waals surface area contributed by atoms with Crippen LogP contribution >= 0.6 is 0 Å². The van der Waals surface area contributed by atoms with E-state index in [4.69, 9.17) is 4.42 Å². The highest BCUT2D eigenvalue weighted by molar-refractivity contribution is 6.03. The minimum absolute atomic E-state index is 0.189. The number of halogens is 2. The van der Waals surface area contributed by atoms with E-state index in [1.54, 1.807) is 6.92 Å². The van der Waals surface area contributed by atoms with Crippen LogP contribution in [0.15, 0.2) is 22.8 Å². The van der Waals surface area contributed by atoms with Crippen molar-refractivity contribution in [2.75, 3.05) is 5.32 Å². The van der Waals surface area contributed by atoms with Gasteiger partial charge in [-0.2, -0.15) is 9.37 Å². The Labute approximate surface area is 110 Å². The van der Waals surface area contributed by atoms with Crippen molar-refractivity contribution in [3.05, 3.63) is 51.4 Å². The summed E-state index contributed by atoms with van der Waals surface area (Å²) in [6.07, 6.45) is 1.25. The van der Waals surface area contributed by atoms with Crippen LogP contribution in [-0.4, -0.2) is 15.8 Å². The highest BCUT2D eigenvalue weighted by Crippen LogP contribution is 2.22. The maximum atomic E-state index is 13.6. The zero-order valence-electron chi connectivity index (χ0n) is 10.0. The molecule has 104 valence electrons. The van der Waals surface area contributed by atoms with Crippen LogP contribution in [0.5, 0.6) is 0 Å². The van der Waals surface area contributed by atoms with E-state index in [2.05, 4.69) is 10.3 Å². The number of nitrogens with zero attached hydrogens (tertiary/aromatic N) is 2. The smallest absolute Gasteiger partial charge is 0.307 e. The third-order valence-corrected chi connectivity index (χ3v) is 2.32. The quantitative estimate of drug-likeness (QED) is 0.689. The summed E-state index contributed by atoms with van der Waals surface area (Å²) in [6, 6.07) is 0.592. The fourth-order valence-electron chi connectivity index (χ4n) is 1.43. The average molecular weight is 283 g/mol. The molecule has 1 heterocycles. The molecule has 1 N–H and O–H groups in total. The van der Waals surface area contributed by atoms with Gasteiger partial charge in [0.1, 0.15) is 12.1 Å². The predicted octanol–water partition coefficient (Wildman–Crippen LogP) is 2.42. The lowest BCUT2D eigenvalue weighted by Crippen LogP contribution is -2.15. The second-order valence-electron chi connectivity index (χ2n) is 3.79. The van der Waals surface area contributed by atoms with Gasteiger partial charge in [-0.25, -0.2) is 4.39 Å². The molecule has 0 unspecified atom stereocenters. The lowest BCUT2D eigenvalue weighted by molar-refractivity contribution is -0.387. The maximum Gasteiger partial charge on any atom is 0.307 e. The predicted molar refractivity (Wildman–Crippen MR) is 62.2 cm³/mol. The second-order valence-corrected chi connectivity index (χ2v) is 3.79. The number of hydrogen-bond donors (Lipinski definition) is 1. The third kappa shape index (κ3) is 2.60. The number of carbonyl (C=O) groups is 1. The first-order valence-electron chi connectivity index (χ1n) is 5.25. The Morgan fingerprint density at radius 2 is 2.10 bits per heavy atom. The van der Waals surface area contributed by atoms with Crippen LogP contribution in [0.2, 0.25) is 0 Å². The number of hydrogen-bond acceptors (Lipinski definition) is 5. The number of nitro benzene ring substituents is 1. The van der Waals surface area contributed by atoms with Gasteiger partial charge in [-0.05, 0) is 13.0 Å². The molecule has 0 saturated carbocycles. The molecule has 0 saturated heterocycles. The molecule has 7 nitrogen and oxygen atoms in total. The molecule has 0 aliphatic rings. The zero-order valence-corrected chi connectivity index (χ0v) is 10.0. The molecule has 9 heteroatoms. The molecule has 0 spiro atoms. The van der Waals surface area contributed by atoms with Crippen molar-refractivity contribution in [2.24, 2.45) is 0 Å². The number of aromatic nitrogens is 1. The number of carbonyl (C=O) groups excluding carboxylic acids is 1. The van der Waals surface area contributed by atoms with Gasteiger partial charge in [0.2, 0.25) is 5.82 Å². The van der Waals surface area contributed by atoms with E-state index in [0.29, 0.717) is 17.8 Å². The molecule has 0 radical (unpaired) electrons. The van der Waals surface area contributed by atoms with Gasteiger partial charge < -0.3 is 4.42 Å². The first-order chi connectivity index (χ1) is 9.38. The fraction of sp³-hybridized carbons (Fsp3) is 0.0909. The summed E-state index contributed by atoms with van der Waals surface area (Å²) in [5, 5.41) is 12.5. The van der Waals surface area contributed by atoms with Crippen molar-refractivity contribution in [3.8, 4) is 0 Å². The van der Waals surface area contributed by atoms with E-state index in [1.165, 1.54) is 6.26 Å². The van der Waals surface area contributed by atoms with Gasteiger partial charge in [-0.3, -0.25) is 20.2 Å². The van der Waals surface area contributed by atoms with Crippen molar-refractivity contribution in [1.82, 2.24) is 4.98 Å².